The maximum Gasteiger partial charge on any atom is 0.259 e. The molecular weight excluding hydrogens is 362 g/mol. The predicted octanol–water partition coefficient (Wildman–Crippen LogP) is 3.88. The zero-order chi connectivity index (χ0) is 20.2. The van der Waals surface area contributed by atoms with Crippen LogP contribution >= 0.6 is 0 Å². The van der Waals surface area contributed by atoms with Gasteiger partial charge in [0.25, 0.3) is 5.56 Å². The highest BCUT2D eigenvalue weighted by molar-refractivity contribution is 5.41. The van der Waals surface area contributed by atoms with E-state index in [0.29, 0.717) is 12.1 Å². The third-order valence-corrected chi connectivity index (χ3v) is 5.73. The molecule has 3 heterocycles. The zero-order valence-electron chi connectivity index (χ0n) is 16.8. The first kappa shape index (κ1) is 19.4. The minimum Gasteiger partial charge on any atom is -0.507 e. The van der Waals surface area contributed by atoms with Crippen LogP contribution in [-0.2, 0) is 6.54 Å². The van der Waals surface area contributed by atoms with E-state index in [4.69, 9.17) is 0 Å². The van der Waals surface area contributed by atoms with Crippen molar-refractivity contribution in [1.82, 2.24) is 14.5 Å². The molecule has 1 atom stereocenters. The molecule has 1 aromatic carbocycles. The van der Waals surface area contributed by atoms with Crippen LogP contribution in [0.5, 0.6) is 5.75 Å². The van der Waals surface area contributed by atoms with Gasteiger partial charge in [-0.2, -0.15) is 0 Å². The van der Waals surface area contributed by atoms with Crippen molar-refractivity contribution in [3.05, 3.63) is 93.7 Å². The van der Waals surface area contributed by atoms with E-state index < -0.39 is 0 Å². The Balaban J connectivity index is 1.84. The van der Waals surface area contributed by atoms with Gasteiger partial charge in [-0.1, -0.05) is 42.8 Å². The molecule has 0 spiro atoms. The maximum absolute atomic E-state index is 13.6. The van der Waals surface area contributed by atoms with Crippen molar-refractivity contribution in [2.24, 2.45) is 0 Å². The van der Waals surface area contributed by atoms with E-state index in [2.05, 4.69) is 9.88 Å². The van der Waals surface area contributed by atoms with E-state index >= 15 is 0 Å². The van der Waals surface area contributed by atoms with Gasteiger partial charge in [0.1, 0.15) is 5.75 Å². The first-order chi connectivity index (χ1) is 14.1. The summed E-state index contributed by atoms with van der Waals surface area (Å²) in [4.78, 5) is 20.1. The summed E-state index contributed by atoms with van der Waals surface area (Å²) in [5.74, 6) is 0.0781. The molecule has 150 valence electrons. The van der Waals surface area contributed by atoms with Crippen molar-refractivity contribution < 1.29 is 5.11 Å². The molecule has 3 aromatic rings. The molecule has 29 heavy (non-hydrogen) atoms. The fourth-order valence-corrected chi connectivity index (χ4v) is 4.27. The predicted molar refractivity (Wildman–Crippen MR) is 114 cm³/mol. The third-order valence-electron chi connectivity index (χ3n) is 5.73. The van der Waals surface area contributed by atoms with Crippen LogP contribution in [0.4, 0.5) is 0 Å². The van der Waals surface area contributed by atoms with Crippen molar-refractivity contribution in [3.8, 4) is 5.75 Å². The summed E-state index contributed by atoms with van der Waals surface area (Å²) in [5, 5.41) is 10.9. The molecule has 1 saturated heterocycles. The van der Waals surface area contributed by atoms with Crippen LogP contribution in [0.25, 0.3) is 0 Å². The van der Waals surface area contributed by atoms with Gasteiger partial charge in [-0.15, -0.1) is 0 Å². The molecule has 0 aliphatic carbocycles. The Kier molecular flexibility index (Phi) is 5.76. The monoisotopic (exact) mass is 389 g/mol. The second-order valence-corrected chi connectivity index (χ2v) is 7.75. The molecule has 0 bridgehead atoms. The molecule has 1 aliphatic rings. The second kappa shape index (κ2) is 8.62. The van der Waals surface area contributed by atoms with Gasteiger partial charge in [-0.25, -0.2) is 0 Å². The van der Waals surface area contributed by atoms with Crippen LogP contribution in [0.1, 0.15) is 47.7 Å². The summed E-state index contributed by atoms with van der Waals surface area (Å²) in [6, 6.07) is 15.4. The number of hydrogen-bond donors (Lipinski definition) is 1. The number of pyridine rings is 2. The van der Waals surface area contributed by atoms with Crippen LogP contribution in [0.3, 0.4) is 0 Å². The lowest BCUT2D eigenvalue weighted by molar-refractivity contribution is 0.183. The molecule has 1 N–H and O–H groups in total. The van der Waals surface area contributed by atoms with Crippen molar-refractivity contribution in [2.75, 3.05) is 13.1 Å². The largest absolute Gasteiger partial charge is 0.507 e. The Labute approximate surface area is 171 Å². The number of benzene rings is 1. The normalized spacial score (nSPS) is 15.9. The van der Waals surface area contributed by atoms with Gasteiger partial charge in [-0.05, 0) is 56.1 Å². The summed E-state index contributed by atoms with van der Waals surface area (Å²) >= 11 is 0. The van der Waals surface area contributed by atoms with Gasteiger partial charge >= 0.3 is 0 Å². The molecule has 0 saturated carbocycles. The van der Waals surface area contributed by atoms with Gasteiger partial charge < -0.3 is 9.67 Å². The highest BCUT2D eigenvalue weighted by Gasteiger charge is 2.29. The number of rotatable bonds is 5. The average Bonchev–Trinajstić information content (AvgIpc) is 2.76. The minimum atomic E-state index is -0.246. The molecule has 0 unspecified atom stereocenters. The third kappa shape index (κ3) is 4.10. The Morgan fingerprint density at radius 3 is 2.52 bits per heavy atom. The van der Waals surface area contributed by atoms with E-state index in [-0.39, 0.29) is 17.4 Å². The van der Waals surface area contributed by atoms with Gasteiger partial charge in [-0.3, -0.25) is 14.7 Å². The summed E-state index contributed by atoms with van der Waals surface area (Å²) in [7, 11) is 0. The van der Waals surface area contributed by atoms with Crippen molar-refractivity contribution in [1.29, 1.82) is 0 Å². The maximum atomic E-state index is 13.6. The first-order valence-corrected chi connectivity index (χ1v) is 10.3. The average molecular weight is 389 g/mol. The van der Waals surface area contributed by atoms with Crippen LogP contribution in [0.2, 0.25) is 0 Å². The van der Waals surface area contributed by atoms with Crippen LogP contribution < -0.4 is 5.56 Å². The molecular formula is C24H27N3O2. The number of aromatic hydroxyl groups is 1. The highest BCUT2D eigenvalue weighted by Crippen LogP contribution is 2.34. The lowest BCUT2D eigenvalue weighted by Gasteiger charge is -2.35. The van der Waals surface area contributed by atoms with E-state index in [9.17, 15) is 9.90 Å². The van der Waals surface area contributed by atoms with E-state index in [1.165, 1.54) is 6.42 Å². The Hall–Kier alpha value is -2.92. The Morgan fingerprint density at radius 2 is 1.83 bits per heavy atom. The number of likely N-dealkylation sites (tertiary alicyclic amines) is 1. The molecule has 0 radical (unpaired) electrons. The Bertz CT molecular complexity index is 1010. The van der Waals surface area contributed by atoms with Crippen molar-refractivity contribution in [2.45, 2.75) is 38.8 Å². The lowest BCUT2D eigenvalue weighted by Crippen LogP contribution is -2.38. The van der Waals surface area contributed by atoms with Crippen LogP contribution in [0, 0.1) is 6.92 Å². The smallest absolute Gasteiger partial charge is 0.259 e. The second-order valence-electron chi connectivity index (χ2n) is 7.75. The number of aromatic nitrogens is 2. The van der Waals surface area contributed by atoms with E-state index in [1.54, 1.807) is 23.0 Å². The summed E-state index contributed by atoms with van der Waals surface area (Å²) in [6.07, 6.45) is 6.93. The number of piperidine rings is 1. The summed E-state index contributed by atoms with van der Waals surface area (Å²) in [6.45, 7) is 4.15. The minimum absolute atomic E-state index is 0.0781. The fourth-order valence-electron chi connectivity index (χ4n) is 4.27. The molecule has 1 aliphatic heterocycles. The first-order valence-electron chi connectivity index (χ1n) is 10.3. The standard InChI is InChI=1S/C24H27N3O2/c1-18-15-21(28)22(24(29)27(18)17-19-9-8-12-25-16-19)23(20-10-4-2-5-11-20)26-13-6-3-7-14-26/h2,4-5,8-12,15-16,23,28H,3,6-7,13-14,17H2,1H3/t23-/m0/s1. The summed E-state index contributed by atoms with van der Waals surface area (Å²) in [5.41, 5.74) is 3.08. The molecule has 1 fully saturated rings. The van der Waals surface area contributed by atoms with Gasteiger partial charge in [0.15, 0.2) is 0 Å². The molecule has 2 aromatic heterocycles. The van der Waals surface area contributed by atoms with Crippen LogP contribution in [-0.4, -0.2) is 32.6 Å². The molecule has 5 heteroatoms. The lowest BCUT2D eigenvalue weighted by atomic mass is 9.94. The number of hydrogen-bond acceptors (Lipinski definition) is 4. The Morgan fingerprint density at radius 1 is 1.07 bits per heavy atom. The van der Waals surface area contributed by atoms with Gasteiger partial charge in [0.2, 0.25) is 0 Å². The SMILES string of the molecule is Cc1cc(O)c([C@H](c2ccccc2)N2CCCCC2)c(=O)n1Cc1cccnc1. The zero-order valence-corrected chi connectivity index (χ0v) is 16.8. The van der Waals surface area contributed by atoms with Gasteiger partial charge in [0, 0.05) is 18.1 Å². The number of aryl methyl sites for hydroxylation is 1. The molecule has 5 nitrogen and oxygen atoms in total. The molecule has 4 rings (SSSR count). The van der Waals surface area contributed by atoms with Gasteiger partial charge in [0.05, 0.1) is 18.2 Å². The van der Waals surface area contributed by atoms with E-state index in [1.807, 2.05) is 49.4 Å². The number of nitrogens with zero attached hydrogens (tertiary/aromatic N) is 3. The van der Waals surface area contributed by atoms with Crippen LogP contribution in [0.15, 0.2) is 65.7 Å². The summed E-state index contributed by atoms with van der Waals surface area (Å²) < 4.78 is 1.74. The topological polar surface area (TPSA) is 58.4 Å². The van der Waals surface area contributed by atoms with Crippen molar-refractivity contribution >= 4 is 0 Å². The quantitative estimate of drug-likeness (QED) is 0.719. The van der Waals surface area contributed by atoms with Crippen molar-refractivity contribution in [3.63, 3.8) is 0 Å². The van der Waals surface area contributed by atoms with E-state index in [0.717, 1.165) is 42.8 Å². The highest BCUT2D eigenvalue weighted by atomic mass is 16.3. The fraction of sp³-hybridized carbons (Fsp3) is 0.333. The molecule has 0 amide bonds.